The van der Waals surface area contributed by atoms with Gasteiger partial charge in [-0.05, 0) is 25.8 Å². The standard InChI is InChI=1S/C15H28N2O3/c1-5-12(6-2)9-17(10-14(18)20-4)15(19)13-7-8-16-11(13)3/h11-13,16H,5-10H2,1-4H3. The molecule has 1 rings (SSSR count). The molecule has 2 unspecified atom stereocenters. The summed E-state index contributed by atoms with van der Waals surface area (Å²) in [5.74, 6) is 0.157. The summed E-state index contributed by atoms with van der Waals surface area (Å²) in [6.07, 6.45) is 2.88. The molecule has 0 bridgehead atoms. The highest BCUT2D eigenvalue weighted by Crippen LogP contribution is 2.20. The van der Waals surface area contributed by atoms with Gasteiger partial charge in [-0.3, -0.25) is 9.59 Å². The lowest BCUT2D eigenvalue weighted by atomic mass is 9.98. The Bertz CT molecular complexity index is 329. The second-order valence-electron chi connectivity index (χ2n) is 5.62. The van der Waals surface area contributed by atoms with Gasteiger partial charge in [0.1, 0.15) is 6.54 Å². The fraction of sp³-hybridized carbons (Fsp3) is 0.867. The number of carbonyl (C=O) groups excluding carboxylic acids is 2. The van der Waals surface area contributed by atoms with Crippen LogP contribution in [0.15, 0.2) is 0 Å². The summed E-state index contributed by atoms with van der Waals surface area (Å²) in [7, 11) is 1.36. The van der Waals surface area contributed by atoms with Crippen LogP contribution in [0.1, 0.15) is 40.0 Å². The zero-order valence-electron chi connectivity index (χ0n) is 13.1. The third kappa shape index (κ3) is 4.47. The Morgan fingerprint density at radius 3 is 2.45 bits per heavy atom. The first-order valence-electron chi connectivity index (χ1n) is 7.62. The molecular weight excluding hydrogens is 256 g/mol. The number of esters is 1. The fourth-order valence-electron chi connectivity index (χ4n) is 2.74. The van der Waals surface area contributed by atoms with Crippen LogP contribution in [0.2, 0.25) is 0 Å². The maximum absolute atomic E-state index is 12.7. The van der Waals surface area contributed by atoms with Crippen molar-refractivity contribution in [3.8, 4) is 0 Å². The minimum atomic E-state index is -0.345. The number of rotatable bonds is 7. The molecule has 2 atom stereocenters. The monoisotopic (exact) mass is 284 g/mol. The Kier molecular flexibility index (Phi) is 6.99. The molecule has 0 saturated carbocycles. The van der Waals surface area contributed by atoms with Crippen LogP contribution in [0.5, 0.6) is 0 Å². The molecule has 1 aliphatic rings. The lowest BCUT2D eigenvalue weighted by molar-refractivity contribution is -0.149. The van der Waals surface area contributed by atoms with Gasteiger partial charge in [-0.1, -0.05) is 26.7 Å². The quantitative estimate of drug-likeness (QED) is 0.718. The molecule has 1 fully saturated rings. The van der Waals surface area contributed by atoms with Gasteiger partial charge >= 0.3 is 5.97 Å². The molecule has 5 heteroatoms. The normalized spacial score (nSPS) is 22.1. The molecule has 0 aromatic carbocycles. The summed E-state index contributed by atoms with van der Waals surface area (Å²) < 4.78 is 4.72. The molecule has 116 valence electrons. The van der Waals surface area contributed by atoms with Crippen LogP contribution >= 0.6 is 0 Å². The minimum Gasteiger partial charge on any atom is -0.468 e. The summed E-state index contributed by atoms with van der Waals surface area (Å²) in [5, 5.41) is 3.29. The van der Waals surface area contributed by atoms with Gasteiger partial charge in [-0.2, -0.15) is 0 Å². The van der Waals surface area contributed by atoms with Crippen molar-refractivity contribution in [1.29, 1.82) is 0 Å². The topological polar surface area (TPSA) is 58.6 Å². The molecule has 1 saturated heterocycles. The second kappa shape index (κ2) is 8.25. The molecule has 0 aliphatic carbocycles. The lowest BCUT2D eigenvalue weighted by Crippen LogP contribution is -2.45. The van der Waals surface area contributed by atoms with Gasteiger partial charge in [0.25, 0.3) is 0 Å². The van der Waals surface area contributed by atoms with Crippen molar-refractivity contribution in [2.45, 2.75) is 46.1 Å². The Morgan fingerprint density at radius 1 is 1.35 bits per heavy atom. The van der Waals surface area contributed by atoms with Crippen LogP contribution < -0.4 is 5.32 Å². The van der Waals surface area contributed by atoms with Gasteiger partial charge in [0.15, 0.2) is 0 Å². The maximum Gasteiger partial charge on any atom is 0.325 e. The van der Waals surface area contributed by atoms with E-state index in [1.54, 1.807) is 4.90 Å². The van der Waals surface area contributed by atoms with Crippen LogP contribution in [0.25, 0.3) is 0 Å². The Labute approximate surface area is 122 Å². The van der Waals surface area contributed by atoms with Crippen LogP contribution in [-0.4, -0.2) is 49.6 Å². The van der Waals surface area contributed by atoms with E-state index in [0.29, 0.717) is 12.5 Å². The highest BCUT2D eigenvalue weighted by Gasteiger charge is 2.34. The molecule has 20 heavy (non-hydrogen) atoms. The average Bonchev–Trinajstić information content (AvgIpc) is 2.88. The van der Waals surface area contributed by atoms with E-state index in [4.69, 9.17) is 4.74 Å². The molecule has 0 radical (unpaired) electrons. The SMILES string of the molecule is CCC(CC)CN(CC(=O)OC)C(=O)C1CCNC1C. The zero-order valence-corrected chi connectivity index (χ0v) is 13.1. The Morgan fingerprint density at radius 2 is 2.00 bits per heavy atom. The van der Waals surface area contributed by atoms with E-state index in [0.717, 1.165) is 25.8 Å². The number of nitrogens with zero attached hydrogens (tertiary/aromatic N) is 1. The largest absolute Gasteiger partial charge is 0.468 e. The third-order valence-electron chi connectivity index (χ3n) is 4.33. The second-order valence-corrected chi connectivity index (χ2v) is 5.62. The lowest BCUT2D eigenvalue weighted by Gasteiger charge is -2.29. The van der Waals surface area contributed by atoms with Crippen molar-refractivity contribution in [3.63, 3.8) is 0 Å². The van der Waals surface area contributed by atoms with Gasteiger partial charge in [-0.25, -0.2) is 0 Å². The van der Waals surface area contributed by atoms with E-state index in [1.165, 1.54) is 7.11 Å². The van der Waals surface area contributed by atoms with Crippen molar-refractivity contribution in [1.82, 2.24) is 10.2 Å². The number of carbonyl (C=O) groups is 2. The van der Waals surface area contributed by atoms with Crippen LogP contribution in [0.4, 0.5) is 0 Å². The number of hydrogen-bond acceptors (Lipinski definition) is 4. The van der Waals surface area contributed by atoms with Gasteiger partial charge in [0, 0.05) is 12.6 Å². The smallest absolute Gasteiger partial charge is 0.325 e. The van der Waals surface area contributed by atoms with E-state index in [1.807, 2.05) is 6.92 Å². The van der Waals surface area contributed by atoms with Gasteiger partial charge < -0.3 is 15.0 Å². The molecule has 0 aromatic rings. The summed E-state index contributed by atoms with van der Waals surface area (Å²) in [4.78, 5) is 25.9. The van der Waals surface area contributed by atoms with E-state index < -0.39 is 0 Å². The highest BCUT2D eigenvalue weighted by molar-refractivity contribution is 5.84. The van der Waals surface area contributed by atoms with Crippen molar-refractivity contribution in [2.24, 2.45) is 11.8 Å². The number of amides is 1. The van der Waals surface area contributed by atoms with Crippen molar-refractivity contribution in [2.75, 3.05) is 26.7 Å². The molecular formula is C15H28N2O3. The third-order valence-corrected chi connectivity index (χ3v) is 4.33. The average molecular weight is 284 g/mol. The summed E-state index contributed by atoms with van der Waals surface area (Å²) in [6, 6.07) is 0.185. The van der Waals surface area contributed by atoms with Crippen molar-refractivity contribution >= 4 is 11.9 Å². The minimum absolute atomic E-state index is 0.0194. The first-order chi connectivity index (χ1) is 9.53. The zero-order chi connectivity index (χ0) is 15.1. The number of ether oxygens (including phenoxy) is 1. The van der Waals surface area contributed by atoms with E-state index in [-0.39, 0.29) is 30.4 Å². The van der Waals surface area contributed by atoms with Crippen LogP contribution in [0.3, 0.4) is 0 Å². The van der Waals surface area contributed by atoms with E-state index >= 15 is 0 Å². The van der Waals surface area contributed by atoms with Crippen LogP contribution in [0, 0.1) is 11.8 Å². The fourth-order valence-corrected chi connectivity index (χ4v) is 2.74. The number of hydrogen-bond donors (Lipinski definition) is 1. The van der Waals surface area contributed by atoms with E-state index in [9.17, 15) is 9.59 Å². The van der Waals surface area contributed by atoms with E-state index in [2.05, 4.69) is 19.2 Å². The Hall–Kier alpha value is -1.10. The van der Waals surface area contributed by atoms with Gasteiger partial charge in [0.05, 0.1) is 13.0 Å². The molecule has 0 spiro atoms. The van der Waals surface area contributed by atoms with Gasteiger partial charge in [-0.15, -0.1) is 0 Å². The van der Waals surface area contributed by atoms with Crippen LogP contribution in [-0.2, 0) is 14.3 Å². The first-order valence-corrected chi connectivity index (χ1v) is 7.62. The summed E-state index contributed by atoms with van der Waals surface area (Å²) >= 11 is 0. The molecule has 1 N–H and O–H groups in total. The van der Waals surface area contributed by atoms with Crippen molar-refractivity contribution in [3.05, 3.63) is 0 Å². The first kappa shape index (κ1) is 17.0. The molecule has 5 nitrogen and oxygen atoms in total. The van der Waals surface area contributed by atoms with Crippen molar-refractivity contribution < 1.29 is 14.3 Å². The molecule has 1 aliphatic heterocycles. The van der Waals surface area contributed by atoms with Gasteiger partial charge in [0.2, 0.25) is 5.91 Å². The highest BCUT2D eigenvalue weighted by atomic mass is 16.5. The predicted molar refractivity (Wildman–Crippen MR) is 78.2 cm³/mol. The number of methoxy groups -OCH3 is 1. The maximum atomic E-state index is 12.7. The summed E-state index contributed by atoms with van der Waals surface area (Å²) in [6.45, 7) is 7.85. The Balaban J connectivity index is 2.74. The molecule has 1 amide bonds. The molecule has 1 heterocycles. The number of nitrogens with one attached hydrogen (secondary N) is 1. The molecule has 0 aromatic heterocycles. The summed E-state index contributed by atoms with van der Waals surface area (Å²) in [5.41, 5.74) is 0. The predicted octanol–water partition coefficient (Wildman–Crippen LogP) is 1.42.